The Morgan fingerprint density at radius 3 is 2.50 bits per heavy atom. The number of hydrogen-bond acceptors (Lipinski definition) is 3. The van der Waals surface area contributed by atoms with E-state index in [-0.39, 0.29) is 0 Å². The molecule has 4 heteroatoms. The molecule has 18 heavy (non-hydrogen) atoms. The molecule has 0 fully saturated rings. The van der Waals surface area contributed by atoms with Gasteiger partial charge in [-0.05, 0) is 18.1 Å². The minimum absolute atomic E-state index is 0.405. The van der Waals surface area contributed by atoms with E-state index in [1.807, 2.05) is 0 Å². The van der Waals surface area contributed by atoms with Crippen LogP contribution in [0.1, 0.15) is 37.0 Å². The lowest BCUT2D eigenvalue weighted by molar-refractivity contribution is 0.112. The standard InChI is InChI=1S/C14H19ClO3/c1-4-10(5-2)9-18-14-12(15)6-11(8-16)7-13(14)17-3/h6-8,10H,4-5,9H2,1-3H3. The third kappa shape index (κ3) is 3.64. The van der Waals surface area contributed by atoms with Crippen molar-refractivity contribution in [3.8, 4) is 11.5 Å². The summed E-state index contributed by atoms with van der Waals surface area (Å²) in [5.74, 6) is 1.50. The number of hydrogen-bond donors (Lipinski definition) is 0. The van der Waals surface area contributed by atoms with Crippen LogP contribution in [-0.4, -0.2) is 20.0 Å². The van der Waals surface area contributed by atoms with E-state index in [2.05, 4.69) is 13.8 Å². The number of halogens is 1. The Morgan fingerprint density at radius 1 is 1.33 bits per heavy atom. The van der Waals surface area contributed by atoms with Gasteiger partial charge in [0.2, 0.25) is 0 Å². The van der Waals surface area contributed by atoms with Crippen LogP contribution in [0.5, 0.6) is 11.5 Å². The van der Waals surface area contributed by atoms with Crippen LogP contribution in [-0.2, 0) is 0 Å². The van der Waals surface area contributed by atoms with Crippen LogP contribution in [0, 0.1) is 5.92 Å². The SMILES string of the molecule is CCC(CC)COc1c(Cl)cc(C=O)cc1OC. The van der Waals surface area contributed by atoms with Crippen molar-refractivity contribution in [1.29, 1.82) is 0 Å². The molecule has 0 radical (unpaired) electrons. The Labute approximate surface area is 113 Å². The molecule has 0 aromatic heterocycles. The number of ether oxygens (including phenoxy) is 2. The molecular formula is C14H19ClO3. The first-order valence-electron chi connectivity index (χ1n) is 6.11. The van der Waals surface area contributed by atoms with Gasteiger partial charge in [-0.15, -0.1) is 0 Å². The van der Waals surface area contributed by atoms with E-state index in [0.717, 1.165) is 19.1 Å². The summed E-state index contributed by atoms with van der Waals surface area (Å²) in [5.41, 5.74) is 0.478. The molecular weight excluding hydrogens is 252 g/mol. The van der Waals surface area contributed by atoms with E-state index in [1.165, 1.54) is 7.11 Å². The summed E-state index contributed by atoms with van der Waals surface area (Å²) >= 11 is 6.10. The average molecular weight is 271 g/mol. The minimum Gasteiger partial charge on any atom is -0.493 e. The number of benzene rings is 1. The predicted octanol–water partition coefficient (Wildman–Crippen LogP) is 3.98. The fourth-order valence-electron chi connectivity index (χ4n) is 1.67. The van der Waals surface area contributed by atoms with Gasteiger partial charge >= 0.3 is 0 Å². The van der Waals surface area contributed by atoms with Gasteiger partial charge in [-0.1, -0.05) is 38.3 Å². The highest BCUT2D eigenvalue weighted by Crippen LogP contribution is 2.36. The summed E-state index contributed by atoms with van der Waals surface area (Å²) in [5, 5.41) is 0.405. The summed E-state index contributed by atoms with van der Waals surface area (Å²) in [7, 11) is 1.53. The average Bonchev–Trinajstić information content (AvgIpc) is 2.40. The zero-order chi connectivity index (χ0) is 13.5. The number of methoxy groups -OCH3 is 1. The zero-order valence-electron chi connectivity index (χ0n) is 11.0. The lowest BCUT2D eigenvalue weighted by Gasteiger charge is -2.17. The van der Waals surface area contributed by atoms with Crippen molar-refractivity contribution in [3.63, 3.8) is 0 Å². The first kappa shape index (κ1) is 14.8. The van der Waals surface area contributed by atoms with Crippen LogP contribution >= 0.6 is 11.6 Å². The fraction of sp³-hybridized carbons (Fsp3) is 0.500. The molecule has 1 aromatic rings. The van der Waals surface area contributed by atoms with Gasteiger partial charge in [0.1, 0.15) is 6.29 Å². The van der Waals surface area contributed by atoms with Crippen molar-refractivity contribution in [2.45, 2.75) is 26.7 Å². The van der Waals surface area contributed by atoms with Crippen molar-refractivity contribution in [1.82, 2.24) is 0 Å². The molecule has 0 saturated heterocycles. The van der Waals surface area contributed by atoms with Crippen molar-refractivity contribution in [2.24, 2.45) is 5.92 Å². The smallest absolute Gasteiger partial charge is 0.179 e. The molecule has 0 aliphatic heterocycles. The molecule has 0 atom stereocenters. The number of carbonyl (C=O) groups excluding carboxylic acids is 1. The lowest BCUT2D eigenvalue weighted by Crippen LogP contribution is -2.11. The van der Waals surface area contributed by atoms with E-state index in [4.69, 9.17) is 21.1 Å². The molecule has 3 nitrogen and oxygen atoms in total. The molecule has 0 aliphatic carbocycles. The van der Waals surface area contributed by atoms with Crippen molar-refractivity contribution in [3.05, 3.63) is 22.7 Å². The Hall–Kier alpha value is -1.22. The van der Waals surface area contributed by atoms with Crippen LogP contribution < -0.4 is 9.47 Å². The van der Waals surface area contributed by atoms with Gasteiger partial charge in [0.05, 0.1) is 18.7 Å². The molecule has 0 amide bonds. The van der Waals surface area contributed by atoms with E-state index >= 15 is 0 Å². The first-order valence-corrected chi connectivity index (χ1v) is 6.49. The fourth-order valence-corrected chi connectivity index (χ4v) is 1.95. The monoisotopic (exact) mass is 270 g/mol. The second-order valence-electron chi connectivity index (χ2n) is 4.15. The molecule has 0 saturated carbocycles. The van der Waals surface area contributed by atoms with Crippen molar-refractivity contribution >= 4 is 17.9 Å². The van der Waals surface area contributed by atoms with Crippen LogP contribution in [0.4, 0.5) is 0 Å². The summed E-state index contributed by atoms with van der Waals surface area (Å²) in [6.45, 7) is 4.86. The second-order valence-corrected chi connectivity index (χ2v) is 4.55. The Kier molecular flexibility index (Phi) is 5.99. The van der Waals surface area contributed by atoms with Gasteiger partial charge in [0.25, 0.3) is 0 Å². The zero-order valence-corrected chi connectivity index (χ0v) is 11.8. The molecule has 0 spiro atoms. The summed E-state index contributed by atoms with van der Waals surface area (Å²) in [4.78, 5) is 10.7. The molecule has 0 aliphatic rings. The maximum Gasteiger partial charge on any atom is 0.179 e. The van der Waals surface area contributed by atoms with Crippen LogP contribution in [0.25, 0.3) is 0 Å². The minimum atomic E-state index is 0.405. The summed E-state index contributed by atoms with van der Waals surface area (Å²) < 4.78 is 10.9. The Bertz CT molecular complexity index is 400. The second kappa shape index (κ2) is 7.27. The van der Waals surface area contributed by atoms with Crippen molar-refractivity contribution < 1.29 is 14.3 Å². The van der Waals surface area contributed by atoms with Crippen molar-refractivity contribution in [2.75, 3.05) is 13.7 Å². The van der Waals surface area contributed by atoms with E-state index in [9.17, 15) is 4.79 Å². The largest absolute Gasteiger partial charge is 0.493 e. The van der Waals surface area contributed by atoms with E-state index < -0.39 is 0 Å². The predicted molar refractivity (Wildman–Crippen MR) is 73.0 cm³/mol. The normalized spacial score (nSPS) is 10.5. The van der Waals surface area contributed by atoms with Gasteiger partial charge in [-0.25, -0.2) is 0 Å². The Balaban J connectivity index is 2.90. The molecule has 0 N–H and O–H groups in total. The van der Waals surface area contributed by atoms with E-state index in [0.29, 0.717) is 34.6 Å². The molecule has 0 heterocycles. The van der Waals surface area contributed by atoms with Gasteiger partial charge < -0.3 is 9.47 Å². The van der Waals surface area contributed by atoms with Crippen LogP contribution in [0.3, 0.4) is 0 Å². The maximum absolute atomic E-state index is 10.7. The quantitative estimate of drug-likeness (QED) is 0.703. The van der Waals surface area contributed by atoms with Gasteiger partial charge in [0.15, 0.2) is 11.5 Å². The molecule has 1 rings (SSSR count). The maximum atomic E-state index is 10.7. The lowest BCUT2D eigenvalue weighted by atomic mass is 10.1. The molecule has 0 bridgehead atoms. The Morgan fingerprint density at radius 2 is 2.00 bits per heavy atom. The molecule has 100 valence electrons. The number of rotatable bonds is 7. The van der Waals surface area contributed by atoms with Crippen LogP contribution in [0.15, 0.2) is 12.1 Å². The van der Waals surface area contributed by atoms with E-state index in [1.54, 1.807) is 12.1 Å². The third-order valence-electron chi connectivity index (χ3n) is 3.01. The highest BCUT2D eigenvalue weighted by molar-refractivity contribution is 6.32. The topological polar surface area (TPSA) is 35.5 Å². The van der Waals surface area contributed by atoms with Gasteiger partial charge in [0, 0.05) is 5.56 Å². The van der Waals surface area contributed by atoms with Gasteiger partial charge in [-0.3, -0.25) is 4.79 Å². The highest BCUT2D eigenvalue weighted by Gasteiger charge is 2.13. The van der Waals surface area contributed by atoms with Gasteiger partial charge in [-0.2, -0.15) is 0 Å². The molecule has 0 unspecified atom stereocenters. The highest BCUT2D eigenvalue weighted by atomic mass is 35.5. The van der Waals surface area contributed by atoms with Crippen LogP contribution in [0.2, 0.25) is 5.02 Å². The summed E-state index contributed by atoms with van der Waals surface area (Å²) in [6, 6.07) is 3.21. The number of aldehydes is 1. The first-order chi connectivity index (χ1) is 8.65. The summed E-state index contributed by atoms with van der Waals surface area (Å²) in [6.07, 6.45) is 2.85. The molecule has 1 aromatic carbocycles. The third-order valence-corrected chi connectivity index (χ3v) is 3.29. The number of carbonyl (C=O) groups is 1.